The average molecular weight is 414 g/mol. The Labute approximate surface area is 165 Å². The third-order valence-corrected chi connectivity index (χ3v) is 7.89. The molecule has 0 radical (unpaired) electrons. The molecule has 3 fully saturated rings. The summed E-state index contributed by atoms with van der Waals surface area (Å²) in [4.78, 5) is 19.1. The van der Waals surface area contributed by atoms with Gasteiger partial charge in [-0.3, -0.25) is 13.4 Å². The molecule has 1 aromatic rings. The second-order valence-corrected chi connectivity index (χ2v) is 9.26. The second kappa shape index (κ2) is 7.56. The molecule has 0 saturated carbocycles. The van der Waals surface area contributed by atoms with Gasteiger partial charge in [0.25, 0.3) is 0 Å². The van der Waals surface area contributed by atoms with Gasteiger partial charge in [0.05, 0.1) is 24.4 Å². The number of ether oxygens (including phenoxy) is 1. The van der Waals surface area contributed by atoms with Crippen molar-refractivity contribution in [1.82, 2.24) is 14.2 Å². The smallest absolute Gasteiger partial charge is 0.407 e. The topological polar surface area (TPSA) is 113 Å². The molecule has 4 rings (SSSR count). The van der Waals surface area contributed by atoms with E-state index in [1.807, 2.05) is 6.07 Å². The van der Waals surface area contributed by atoms with Crippen molar-refractivity contribution < 1.29 is 23.7 Å². The molecule has 1 amide bonds. The fourth-order valence-electron chi connectivity index (χ4n) is 4.23. The Morgan fingerprint density at radius 2 is 2.04 bits per heavy atom. The standard InChI is InChI=1S/C17H27N5O5S/c1-27-15-4-7-19(12-15)16-10-13(2-5-18-16)21-8-9-22(28(21,25)26)14-3-6-20(11-14)17(23)24/h2,5,10,14-15,25-26H,3-4,6-9,11-12H2,1H3,(H,23,24)/t14-,15-/m1/s1. The van der Waals surface area contributed by atoms with Crippen LogP contribution in [-0.2, 0) is 4.74 Å². The first kappa shape index (κ1) is 19.5. The Kier molecular flexibility index (Phi) is 5.27. The highest BCUT2D eigenvalue weighted by atomic mass is 32.3. The predicted molar refractivity (Wildman–Crippen MR) is 107 cm³/mol. The Bertz CT molecular complexity index is 738. The molecule has 3 aliphatic heterocycles. The molecule has 0 bridgehead atoms. The van der Waals surface area contributed by atoms with Gasteiger partial charge in [-0.1, -0.05) is 11.0 Å². The summed E-state index contributed by atoms with van der Waals surface area (Å²) in [5.74, 6) is 0.795. The van der Waals surface area contributed by atoms with Crippen LogP contribution >= 0.6 is 11.0 Å². The lowest BCUT2D eigenvalue weighted by Gasteiger charge is -2.45. The predicted octanol–water partition coefficient (Wildman–Crippen LogP) is 1.76. The molecule has 10 nitrogen and oxygen atoms in total. The van der Waals surface area contributed by atoms with Crippen molar-refractivity contribution >= 4 is 28.6 Å². The van der Waals surface area contributed by atoms with Gasteiger partial charge in [0.2, 0.25) is 0 Å². The van der Waals surface area contributed by atoms with E-state index in [2.05, 4.69) is 9.88 Å². The van der Waals surface area contributed by atoms with Crippen LogP contribution in [0.2, 0.25) is 0 Å². The first-order valence-corrected chi connectivity index (χ1v) is 10.9. The molecule has 1 aromatic heterocycles. The summed E-state index contributed by atoms with van der Waals surface area (Å²) in [5.41, 5.74) is 0.710. The maximum absolute atomic E-state index is 11.2. The molecule has 0 spiro atoms. The monoisotopic (exact) mass is 413 g/mol. The van der Waals surface area contributed by atoms with Crippen molar-refractivity contribution in [2.24, 2.45) is 0 Å². The Morgan fingerprint density at radius 1 is 1.21 bits per heavy atom. The van der Waals surface area contributed by atoms with Crippen LogP contribution in [0.1, 0.15) is 12.8 Å². The number of aromatic nitrogens is 1. The third kappa shape index (κ3) is 3.48. The van der Waals surface area contributed by atoms with Gasteiger partial charge in [-0.15, -0.1) is 0 Å². The van der Waals surface area contributed by atoms with Crippen molar-refractivity contribution in [1.29, 1.82) is 0 Å². The van der Waals surface area contributed by atoms with Gasteiger partial charge < -0.3 is 19.6 Å². The zero-order valence-corrected chi connectivity index (χ0v) is 16.7. The van der Waals surface area contributed by atoms with Gasteiger partial charge in [0.1, 0.15) is 5.82 Å². The number of likely N-dealkylation sites (tertiary alicyclic amines) is 1. The van der Waals surface area contributed by atoms with Crippen molar-refractivity contribution in [3.8, 4) is 0 Å². The summed E-state index contributed by atoms with van der Waals surface area (Å²) in [7, 11) is -1.48. The first-order valence-electron chi connectivity index (χ1n) is 9.44. The third-order valence-electron chi connectivity index (χ3n) is 5.79. The SMILES string of the molecule is CO[C@@H]1CCN(c2cc(N3CCN([C@@H]4CCN(C(=O)O)C4)S3(O)O)ccn2)C1. The van der Waals surface area contributed by atoms with Crippen molar-refractivity contribution in [3.63, 3.8) is 0 Å². The van der Waals surface area contributed by atoms with E-state index in [9.17, 15) is 13.9 Å². The number of nitrogens with zero attached hydrogens (tertiary/aromatic N) is 5. The lowest BCUT2D eigenvalue weighted by molar-refractivity contribution is 0.121. The van der Waals surface area contributed by atoms with Gasteiger partial charge in [0.15, 0.2) is 0 Å². The van der Waals surface area contributed by atoms with Gasteiger partial charge in [-0.2, -0.15) is 4.31 Å². The summed E-state index contributed by atoms with van der Waals surface area (Å²) in [5, 5.41) is 9.16. The lowest BCUT2D eigenvalue weighted by Crippen LogP contribution is -2.39. The van der Waals surface area contributed by atoms with Gasteiger partial charge >= 0.3 is 6.09 Å². The number of methoxy groups -OCH3 is 1. The molecule has 0 unspecified atom stereocenters. The Morgan fingerprint density at radius 3 is 2.71 bits per heavy atom. The lowest BCUT2D eigenvalue weighted by atomic mass is 10.2. The van der Waals surface area contributed by atoms with Crippen LogP contribution in [0.4, 0.5) is 16.3 Å². The van der Waals surface area contributed by atoms with Gasteiger partial charge in [-0.05, 0) is 18.9 Å². The second-order valence-electron chi connectivity index (χ2n) is 7.37. The normalized spacial score (nSPS) is 28.9. The number of hydrogen-bond donors (Lipinski definition) is 3. The van der Waals surface area contributed by atoms with Crippen LogP contribution in [0.15, 0.2) is 18.3 Å². The van der Waals surface area contributed by atoms with E-state index in [1.54, 1.807) is 28.0 Å². The number of amides is 1. The van der Waals surface area contributed by atoms with Crippen molar-refractivity contribution in [3.05, 3.63) is 18.3 Å². The van der Waals surface area contributed by atoms with Gasteiger partial charge in [-0.25, -0.2) is 9.78 Å². The van der Waals surface area contributed by atoms with Crippen molar-refractivity contribution in [2.45, 2.75) is 25.0 Å². The molecular formula is C17H27N5O5S. The van der Waals surface area contributed by atoms with Crippen molar-refractivity contribution in [2.75, 3.05) is 55.6 Å². The van der Waals surface area contributed by atoms with Gasteiger partial charge in [0, 0.05) is 52.1 Å². The Balaban J connectivity index is 1.49. The highest BCUT2D eigenvalue weighted by Gasteiger charge is 2.44. The summed E-state index contributed by atoms with van der Waals surface area (Å²) in [6, 6.07) is 3.48. The van der Waals surface area contributed by atoms with E-state index in [1.165, 1.54) is 4.90 Å². The summed E-state index contributed by atoms with van der Waals surface area (Å²) < 4.78 is 30.6. The van der Waals surface area contributed by atoms with E-state index in [-0.39, 0.29) is 12.1 Å². The molecule has 4 heterocycles. The van der Waals surface area contributed by atoms with Crippen LogP contribution in [0.3, 0.4) is 0 Å². The number of carboxylic acid groups (broad SMARTS) is 1. The molecule has 11 heteroatoms. The molecule has 3 saturated heterocycles. The number of rotatable bonds is 4. The minimum Gasteiger partial charge on any atom is -0.465 e. The highest BCUT2D eigenvalue weighted by molar-refractivity contribution is 8.23. The van der Waals surface area contributed by atoms with E-state index in [0.29, 0.717) is 38.3 Å². The van der Waals surface area contributed by atoms with E-state index in [0.717, 1.165) is 25.3 Å². The minimum atomic E-state index is -3.19. The molecule has 0 aromatic carbocycles. The molecule has 156 valence electrons. The zero-order chi connectivity index (χ0) is 19.9. The number of anilines is 2. The minimum absolute atomic E-state index is 0.187. The molecule has 3 aliphatic rings. The summed E-state index contributed by atoms with van der Waals surface area (Å²) in [6.07, 6.45) is 2.45. The molecular weight excluding hydrogens is 386 g/mol. The summed E-state index contributed by atoms with van der Waals surface area (Å²) >= 11 is 0. The molecule has 2 atom stereocenters. The number of carbonyl (C=O) groups is 1. The number of pyridine rings is 1. The Hall–Kier alpha value is -1.79. The van der Waals surface area contributed by atoms with Crippen LogP contribution in [0.25, 0.3) is 0 Å². The summed E-state index contributed by atoms with van der Waals surface area (Å²) in [6.45, 7) is 3.28. The van der Waals surface area contributed by atoms with Crippen LogP contribution in [0, 0.1) is 0 Å². The maximum atomic E-state index is 11.2. The number of hydrogen-bond acceptors (Lipinski definition) is 8. The zero-order valence-electron chi connectivity index (χ0n) is 15.8. The maximum Gasteiger partial charge on any atom is 0.407 e. The fraction of sp³-hybridized carbons (Fsp3) is 0.647. The van der Waals surface area contributed by atoms with E-state index in [4.69, 9.17) is 9.84 Å². The fourth-order valence-corrected chi connectivity index (χ4v) is 6.10. The van der Waals surface area contributed by atoms with Crippen LogP contribution in [0.5, 0.6) is 0 Å². The highest BCUT2D eigenvalue weighted by Crippen LogP contribution is 2.55. The quantitative estimate of drug-likeness (QED) is 0.679. The molecule has 0 aliphatic carbocycles. The van der Waals surface area contributed by atoms with Crippen LogP contribution < -0.4 is 9.21 Å². The molecule has 28 heavy (non-hydrogen) atoms. The van der Waals surface area contributed by atoms with E-state index < -0.39 is 17.1 Å². The average Bonchev–Trinajstić information content (AvgIpc) is 3.39. The first-order chi connectivity index (χ1) is 13.4. The molecule has 3 N–H and O–H groups in total. The largest absolute Gasteiger partial charge is 0.465 e. The van der Waals surface area contributed by atoms with E-state index >= 15 is 0 Å². The van der Waals surface area contributed by atoms with Crippen LogP contribution in [-0.4, -0.2) is 93.0 Å².